The zero-order chi connectivity index (χ0) is 30.0. The lowest BCUT2D eigenvalue weighted by atomic mass is 9.97. The van der Waals surface area contributed by atoms with Gasteiger partial charge in [-0.3, -0.25) is 34.2 Å². The molecular formula is C32H34N4O6. The molecule has 218 valence electrons. The van der Waals surface area contributed by atoms with Crippen LogP contribution in [-0.4, -0.2) is 76.2 Å². The number of imide groups is 1. The highest BCUT2D eigenvalue weighted by atomic mass is 16.4. The molecule has 0 aromatic heterocycles. The molecule has 0 saturated carbocycles. The Hall–Kier alpha value is -4.57. The number of carbonyl (C=O) groups is 5. The predicted octanol–water partition coefficient (Wildman–Crippen LogP) is 2.98. The topological polar surface area (TPSA) is 136 Å². The fourth-order valence-electron chi connectivity index (χ4n) is 5.74. The van der Waals surface area contributed by atoms with E-state index in [9.17, 15) is 29.1 Å². The molecule has 1 fully saturated rings. The van der Waals surface area contributed by atoms with Gasteiger partial charge in [0.2, 0.25) is 11.8 Å². The molecular weight excluding hydrogens is 536 g/mol. The zero-order valence-corrected chi connectivity index (χ0v) is 23.6. The van der Waals surface area contributed by atoms with Gasteiger partial charge in [0.25, 0.3) is 11.8 Å². The number of carboxylic acids is 1. The summed E-state index contributed by atoms with van der Waals surface area (Å²) < 4.78 is 0. The second-order valence-corrected chi connectivity index (χ2v) is 11.2. The minimum atomic E-state index is -1.21. The maximum absolute atomic E-state index is 13.9. The molecule has 2 aliphatic rings. The maximum atomic E-state index is 13.9. The number of aliphatic carboxylic acids is 1. The highest BCUT2D eigenvalue weighted by Gasteiger charge is 2.40. The second-order valence-electron chi connectivity index (χ2n) is 11.2. The van der Waals surface area contributed by atoms with E-state index >= 15 is 0 Å². The molecule has 3 aromatic carbocycles. The molecule has 0 spiro atoms. The lowest BCUT2D eigenvalue weighted by Crippen LogP contribution is -2.59. The zero-order valence-electron chi connectivity index (χ0n) is 23.6. The van der Waals surface area contributed by atoms with Crippen molar-refractivity contribution in [3.05, 3.63) is 83.4 Å². The van der Waals surface area contributed by atoms with Gasteiger partial charge in [-0.25, -0.2) is 0 Å². The third-order valence-electron chi connectivity index (χ3n) is 7.79. The Morgan fingerprint density at radius 1 is 0.929 bits per heavy atom. The summed E-state index contributed by atoms with van der Waals surface area (Å²) in [5, 5.41) is 17.6. The van der Waals surface area contributed by atoms with Crippen molar-refractivity contribution in [2.24, 2.45) is 5.92 Å². The maximum Gasteiger partial charge on any atom is 0.320 e. The van der Waals surface area contributed by atoms with E-state index in [1.54, 1.807) is 36.4 Å². The number of piperazine rings is 1. The van der Waals surface area contributed by atoms with Crippen LogP contribution in [0.1, 0.15) is 59.0 Å². The standard InChI is InChI=1S/C32H34N4O6/c1-19(2)16-26(31(40)35-15-13-33-28(37)27(35)20-8-4-3-5-9-20)34-25(32(41)42)12-14-36-29(38)23-17-21-10-6-7-11-22(21)18-24(23)30(36)39/h3-11,17-19,25-27,34H,12-16H2,1-2H3,(H,33,37)(H,41,42)/t25-,26+,27-/m1/s1. The summed E-state index contributed by atoms with van der Waals surface area (Å²) in [6.45, 7) is 4.30. The number of benzene rings is 3. The fraction of sp³-hybridized carbons (Fsp3) is 0.344. The Kier molecular flexibility index (Phi) is 8.35. The van der Waals surface area contributed by atoms with Gasteiger partial charge in [-0.15, -0.1) is 0 Å². The van der Waals surface area contributed by atoms with Crippen molar-refractivity contribution in [2.75, 3.05) is 19.6 Å². The molecule has 3 N–H and O–H groups in total. The Balaban J connectivity index is 1.33. The first kappa shape index (κ1) is 28.9. The van der Waals surface area contributed by atoms with Gasteiger partial charge in [0, 0.05) is 19.6 Å². The van der Waals surface area contributed by atoms with Gasteiger partial charge >= 0.3 is 5.97 Å². The van der Waals surface area contributed by atoms with Crippen molar-refractivity contribution in [3.63, 3.8) is 0 Å². The van der Waals surface area contributed by atoms with Crippen LogP contribution in [0, 0.1) is 5.92 Å². The van der Waals surface area contributed by atoms with Crippen LogP contribution >= 0.6 is 0 Å². The van der Waals surface area contributed by atoms with E-state index in [0.717, 1.165) is 15.7 Å². The van der Waals surface area contributed by atoms with Gasteiger partial charge in [0.1, 0.15) is 12.1 Å². The van der Waals surface area contributed by atoms with Gasteiger partial charge in [0.15, 0.2) is 0 Å². The summed E-state index contributed by atoms with van der Waals surface area (Å²) in [6, 6.07) is 16.9. The van der Waals surface area contributed by atoms with Gasteiger partial charge < -0.3 is 15.3 Å². The number of nitrogens with zero attached hydrogens (tertiary/aromatic N) is 2. The molecule has 0 unspecified atom stereocenters. The highest BCUT2D eigenvalue weighted by Crippen LogP contribution is 2.29. The molecule has 3 atom stereocenters. The summed E-state index contributed by atoms with van der Waals surface area (Å²) >= 11 is 0. The molecule has 4 amide bonds. The molecule has 0 bridgehead atoms. The normalized spacial score (nSPS) is 18.3. The van der Waals surface area contributed by atoms with Crippen LogP contribution in [0.3, 0.4) is 0 Å². The van der Waals surface area contributed by atoms with E-state index in [0.29, 0.717) is 29.7 Å². The van der Waals surface area contributed by atoms with Crippen LogP contribution in [0.2, 0.25) is 0 Å². The smallest absolute Gasteiger partial charge is 0.320 e. The largest absolute Gasteiger partial charge is 0.480 e. The molecule has 42 heavy (non-hydrogen) atoms. The number of carbonyl (C=O) groups excluding carboxylic acids is 4. The van der Waals surface area contributed by atoms with E-state index in [1.807, 2.05) is 44.2 Å². The van der Waals surface area contributed by atoms with Crippen LogP contribution in [0.25, 0.3) is 10.8 Å². The lowest BCUT2D eigenvalue weighted by Gasteiger charge is -2.38. The summed E-state index contributed by atoms with van der Waals surface area (Å²) in [6.07, 6.45) is 0.243. The van der Waals surface area contributed by atoms with Crippen LogP contribution in [0.15, 0.2) is 66.7 Å². The fourth-order valence-corrected chi connectivity index (χ4v) is 5.74. The van der Waals surface area contributed by atoms with Crippen molar-refractivity contribution in [2.45, 2.75) is 44.8 Å². The molecule has 0 radical (unpaired) electrons. The van der Waals surface area contributed by atoms with Crippen molar-refractivity contribution in [1.29, 1.82) is 0 Å². The van der Waals surface area contributed by atoms with Crippen LogP contribution in [0.4, 0.5) is 0 Å². The molecule has 2 aliphatic heterocycles. The van der Waals surface area contributed by atoms with Crippen LogP contribution in [-0.2, 0) is 14.4 Å². The first-order chi connectivity index (χ1) is 20.2. The first-order valence-corrected chi connectivity index (χ1v) is 14.2. The predicted molar refractivity (Wildman–Crippen MR) is 156 cm³/mol. The van der Waals surface area contributed by atoms with Crippen molar-refractivity contribution in [1.82, 2.24) is 20.4 Å². The number of fused-ring (bicyclic) bond motifs is 2. The minimum absolute atomic E-state index is 0.0417. The Morgan fingerprint density at radius 3 is 2.10 bits per heavy atom. The molecule has 0 aliphatic carbocycles. The van der Waals surface area contributed by atoms with E-state index < -0.39 is 35.9 Å². The summed E-state index contributed by atoms with van der Waals surface area (Å²) in [7, 11) is 0. The van der Waals surface area contributed by atoms with E-state index in [4.69, 9.17) is 0 Å². The second kappa shape index (κ2) is 12.1. The van der Waals surface area contributed by atoms with Crippen LogP contribution < -0.4 is 10.6 Å². The Morgan fingerprint density at radius 2 is 1.52 bits per heavy atom. The number of hydrogen-bond donors (Lipinski definition) is 3. The van der Waals surface area contributed by atoms with E-state index in [-0.39, 0.29) is 37.2 Å². The van der Waals surface area contributed by atoms with Gasteiger partial charge in [-0.05, 0) is 47.2 Å². The quantitative estimate of drug-likeness (QED) is 0.319. The third-order valence-corrected chi connectivity index (χ3v) is 7.79. The number of amides is 4. The number of hydrogen-bond acceptors (Lipinski definition) is 6. The molecule has 5 rings (SSSR count). The van der Waals surface area contributed by atoms with E-state index in [2.05, 4.69) is 10.6 Å². The van der Waals surface area contributed by atoms with Gasteiger partial charge in [-0.1, -0.05) is 68.4 Å². The Labute approximate surface area is 243 Å². The SMILES string of the molecule is CC(C)C[C@H](N[C@H](CCN1C(=O)c2cc3ccccc3cc2C1=O)C(=O)O)C(=O)N1CCNC(=O)[C@H]1c1ccccc1. The number of nitrogens with one attached hydrogen (secondary N) is 2. The average Bonchev–Trinajstić information content (AvgIpc) is 3.20. The summed E-state index contributed by atoms with van der Waals surface area (Å²) in [5.41, 5.74) is 1.25. The molecule has 10 nitrogen and oxygen atoms in total. The van der Waals surface area contributed by atoms with Gasteiger partial charge in [-0.2, -0.15) is 0 Å². The molecule has 2 heterocycles. The van der Waals surface area contributed by atoms with Crippen molar-refractivity contribution in [3.8, 4) is 0 Å². The molecule has 10 heteroatoms. The van der Waals surface area contributed by atoms with Crippen molar-refractivity contribution >= 4 is 40.4 Å². The third kappa shape index (κ3) is 5.75. The number of rotatable bonds is 10. The summed E-state index contributed by atoms with van der Waals surface area (Å²) in [5.74, 6) is -2.76. The molecule has 1 saturated heterocycles. The minimum Gasteiger partial charge on any atom is -0.480 e. The number of carboxylic acid groups (broad SMARTS) is 1. The highest BCUT2D eigenvalue weighted by molar-refractivity contribution is 6.23. The average molecular weight is 571 g/mol. The molecule has 3 aromatic rings. The lowest BCUT2D eigenvalue weighted by molar-refractivity contribution is -0.147. The van der Waals surface area contributed by atoms with Crippen molar-refractivity contribution < 1.29 is 29.1 Å². The Bertz CT molecular complexity index is 1480. The van der Waals surface area contributed by atoms with Crippen LogP contribution in [0.5, 0.6) is 0 Å². The van der Waals surface area contributed by atoms with Gasteiger partial charge in [0.05, 0.1) is 17.2 Å². The summed E-state index contributed by atoms with van der Waals surface area (Å²) in [4.78, 5) is 68.0. The first-order valence-electron chi connectivity index (χ1n) is 14.2. The monoisotopic (exact) mass is 570 g/mol. The van der Waals surface area contributed by atoms with E-state index in [1.165, 1.54) is 4.90 Å².